The van der Waals surface area contributed by atoms with Gasteiger partial charge >= 0.3 is 6.03 Å². The third kappa shape index (κ3) is 3.69. The Hall–Kier alpha value is -2.34. The van der Waals surface area contributed by atoms with Crippen molar-refractivity contribution in [3.63, 3.8) is 0 Å². The zero-order chi connectivity index (χ0) is 17.9. The van der Waals surface area contributed by atoms with Gasteiger partial charge in [-0.25, -0.2) is 4.79 Å². The van der Waals surface area contributed by atoms with Gasteiger partial charge in [-0.05, 0) is 42.3 Å². The maximum atomic E-state index is 12.7. The van der Waals surface area contributed by atoms with Gasteiger partial charge in [0.1, 0.15) is 5.54 Å². The van der Waals surface area contributed by atoms with E-state index in [2.05, 4.69) is 10.6 Å². The molecule has 1 aliphatic rings. The number of hydrogen-bond acceptors (Lipinski definition) is 3. The van der Waals surface area contributed by atoms with Gasteiger partial charge in [-0.3, -0.25) is 4.79 Å². The van der Waals surface area contributed by atoms with Gasteiger partial charge in [0, 0.05) is 4.88 Å². The van der Waals surface area contributed by atoms with E-state index in [9.17, 15) is 9.59 Å². The summed E-state index contributed by atoms with van der Waals surface area (Å²) < 4.78 is 0. The molecule has 1 atom stereocenters. The van der Waals surface area contributed by atoms with Crippen LogP contribution in [0.5, 0.6) is 0 Å². The van der Waals surface area contributed by atoms with Crippen LogP contribution in [0.1, 0.15) is 47.7 Å². The Morgan fingerprint density at radius 1 is 1.16 bits per heavy atom. The zero-order valence-electron chi connectivity index (χ0n) is 14.2. The molecule has 1 heterocycles. The van der Waals surface area contributed by atoms with Crippen LogP contribution in [-0.4, -0.2) is 17.5 Å². The zero-order valence-corrected chi connectivity index (χ0v) is 15.1. The van der Waals surface area contributed by atoms with E-state index in [1.807, 2.05) is 48.7 Å². The first-order valence-corrected chi connectivity index (χ1v) is 9.37. The number of aryl methyl sites for hydroxylation is 1. The summed E-state index contributed by atoms with van der Waals surface area (Å²) in [6, 6.07) is 11.3. The molecule has 1 aliphatic carbocycles. The van der Waals surface area contributed by atoms with E-state index in [-0.39, 0.29) is 12.1 Å². The monoisotopic (exact) mass is 357 g/mol. The minimum absolute atomic E-state index is 0.257. The maximum Gasteiger partial charge on any atom is 0.316 e. The number of thiophene rings is 1. The van der Waals surface area contributed by atoms with Crippen LogP contribution in [0.2, 0.25) is 0 Å². The molecule has 2 aromatic rings. The molecule has 3 amide bonds. The average Bonchev–Trinajstić information content (AvgIpc) is 3.26. The summed E-state index contributed by atoms with van der Waals surface area (Å²) in [5.41, 5.74) is 6.79. The van der Waals surface area contributed by atoms with Crippen molar-refractivity contribution in [3.8, 4) is 0 Å². The molecule has 0 radical (unpaired) electrons. The highest BCUT2D eigenvalue weighted by Crippen LogP contribution is 2.31. The number of benzene rings is 1. The first-order chi connectivity index (χ1) is 12.0. The summed E-state index contributed by atoms with van der Waals surface area (Å²) in [4.78, 5) is 25.6. The first-order valence-electron chi connectivity index (χ1n) is 8.49. The highest BCUT2D eigenvalue weighted by atomic mass is 32.1. The van der Waals surface area contributed by atoms with E-state index in [4.69, 9.17) is 5.73 Å². The van der Waals surface area contributed by atoms with Gasteiger partial charge in [-0.15, -0.1) is 11.3 Å². The Morgan fingerprint density at radius 3 is 2.48 bits per heavy atom. The molecule has 0 bridgehead atoms. The molecular weight excluding hydrogens is 334 g/mol. The summed E-state index contributed by atoms with van der Waals surface area (Å²) in [5.74, 6) is -0.455. The van der Waals surface area contributed by atoms with Crippen molar-refractivity contribution < 1.29 is 9.59 Å². The molecule has 0 spiro atoms. The standard InChI is InChI=1S/C19H23N3O2S/c1-13-7-2-3-8-14(13)16(15-9-6-12-25-15)21-18(24)22-19(17(20)23)10-4-5-11-19/h2-3,6-9,12,16H,4-5,10-11H2,1H3,(H2,20,23)(H2,21,22,24). The lowest BCUT2D eigenvalue weighted by atomic mass is 9.97. The van der Waals surface area contributed by atoms with E-state index >= 15 is 0 Å². The molecule has 132 valence electrons. The molecule has 4 N–H and O–H groups in total. The maximum absolute atomic E-state index is 12.7. The third-order valence-corrected chi connectivity index (χ3v) is 5.82. The van der Waals surface area contributed by atoms with Gasteiger partial charge < -0.3 is 16.4 Å². The summed E-state index contributed by atoms with van der Waals surface area (Å²) in [6.45, 7) is 2.03. The van der Waals surface area contributed by atoms with Gasteiger partial charge in [-0.2, -0.15) is 0 Å². The fourth-order valence-electron chi connectivity index (χ4n) is 3.46. The van der Waals surface area contributed by atoms with Crippen LogP contribution in [0.3, 0.4) is 0 Å². The van der Waals surface area contributed by atoms with Gasteiger partial charge in [0.15, 0.2) is 0 Å². The van der Waals surface area contributed by atoms with Crippen molar-refractivity contribution >= 4 is 23.3 Å². The van der Waals surface area contributed by atoms with E-state index in [0.29, 0.717) is 12.8 Å². The van der Waals surface area contributed by atoms with Crippen molar-refractivity contribution in [2.24, 2.45) is 5.73 Å². The molecule has 3 rings (SSSR count). The van der Waals surface area contributed by atoms with Gasteiger partial charge in [0.25, 0.3) is 0 Å². The molecule has 1 fully saturated rings. The molecule has 6 heteroatoms. The van der Waals surface area contributed by atoms with Crippen LogP contribution >= 0.6 is 11.3 Å². The largest absolute Gasteiger partial charge is 0.368 e. The second-order valence-electron chi connectivity index (χ2n) is 6.56. The van der Waals surface area contributed by atoms with Crippen molar-refractivity contribution in [2.45, 2.75) is 44.2 Å². The average molecular weight is 357 g/mol. The molecular formula is C19H23N3O2S. The number of carbonyl (C=O) groups excluding carboxylic acids is 2. The third-order valence-electron chi connectivity index (χ3n) is 4.88. The van der Waals surface area contributed by atoms with E-state index in [1.54, 1.807) is 11.3 Å². The number of carbonyl (C=O) groups is 2. The van der Waals surface area contributed by atoms with Crippen LogP contribution in [-0.2, 0) is 4.79 Å². The second kappa shape index (κ2) is 7.27. The molecule has 25 heavy (non-hydrogen) atoms. The summed E-state index contributed by atoms with van der Waals surface area (Å²) in [7, 11) is 0. The lowest BCUT2D eigenvalue weighted by molar-refractivity contribution is -0.123. The quantitative estimate of drug-likeness (QED) is 0.767. The number of hydrogen-bond donors (Lipinski definition) is 3. The molecule has 0 aliphatic heterocycles. The number of amides is 3. The van der Waals surface area contributed by atoms with Crippen molar-refractivity contribution in [2.75, 3.05) is 0 Å². The predicted octanol–water partition coefficient (Wildman–Crippen LogP) is 3.24. The first kappa shape index (κ1) is 17.5. The topological polar surface area (TPSA) is 84.2 Å². The molecule has 1 aromatic heterocycles. The second-order valence-corrected chi connectivity index (χ2v) is 7.54. The van der Waals surface area contributed by atoms with Crippen LogP contribution in [0.15, 0.2) is 41.8 Å². The smallest absolute Gasteiger partial charge is 0.316 e. The summed E-state index contributed by atoms with van der Waals surface area (Å²) >= 11 is 1.59. The predicted molar refractivity (Wildman–Crippen MR) is 99.4 cm³/mol. The van der Waals surface area contributed by atoms with Gasteiger partial charge in [0.05, 0.1) is 6.04 Å². The highest BCUT2D eigenvalue weighted by Gasteiger charge is 2.41. The van der Waals surface area contributed by atoms with E-state index < -0.39 is 11.4 Å². The number of rotatable bonds is 5. The fourth-order valence-corrected chi connectivity index (χ4v) is 4.26. The SMILES string of the molecule is Cc1ccccc1C(NC(=O)NC1(C(N)=O)CCCC1)c1cccs1. The van der Waals surface area contributed by atoms with Crippen molar-refractivity contribution in [1.82, 2.24) is 10.6 Å². The van der Waals surface area contributed by atoms with Gasteiger partial charge in [0.2, 0.25) is 5.91 Å². The number of primary amides is 1. The van der Waals surface area contributed by atoms with Crippen LogP contribution < -0.4 is 16.4 Å². The van der Waals surface area contributed by atoms with Crippen LogP contribution in [0.4, 0.5) is 4.79 Å². The molecule has 0 saturated heterocycles. The number of urea groups is 1. The van der Waals surface area contributed by atoms with Crippen molar-refractivity contribution in [3.05, 3.63) is 57.8 Å². The minimum Gasteiger partial charge on any atom is -0.368 e. The number of nitrogens with one attached hydrogen (secondary N) is 2. The highest BCUT2D eigenvalue weighted by molar-refractivity contribution is 7.10. The Bertz CT molecular complexity index is 752. The molecule has 5 nitrogen and oxygen atoms in total. The lowest BCUT2D eigenvalue weighted by Crippen LogP contribution is -2.58. The van der Waals surface area contributed by atoms with Crippen molar-refractivity contribution in [1.29, 1.82) is 0 Å². The Kier molecular flexibility index (Phi) is 5.08. The Labute approximate surface area is 151 Å². The summed E-state index contributed by atoms with van der Waals surface area (Å²) in [6.07, 6.45) is 3.00. The van der Waals surface area contributed by atoms with E-state index in [0.717, 1.165) is 28.8 Å². The number of nitrogens with two attached hydrogens (primary N) is 1. The fraction of sp³-hybridized carbons (Fsp3) is 0.368. The van der Waals surface area contributed by atoms with Crippen LogP contribution in [0.25, 0.3) is 0 Å². The molecule has 1 saturated carbocycles. The van der Waals surface area contributed by atoms with Gasteiger partial charge in [-0.1, -0.05) is 43.2 Å². The van der Waals surface area contributed by atoms with Crippen LogP contribution in [0, 0.1) is 6.92 Å². The van der Waals surface area contributed by atoms with E-state index in [1.165, 1.54) is 0 Å². The summed E-state index contributed by atoms with van der Waals surface area (Å²) in [5, 5.41) is 7.88. The Balaban J connectivity index is 1.82. The molecule has 1 unspecified atom stereocenters. The Morgan fingerprint density at radius 2 is 1.88 bits per heavy atom. The molecule has 1 aromatic carbocycles. The lowest BCUT2D eigenvalue weighted by Gasteiger charge is -2.28. The minimum atomic E-state index is -0.921. The normalized spacial score (nSPS) is 17.0.